The van der Waals surface area contributed by atoms with Gasteiger partial charge in [0.15, 0.2) is 5.82 Å². The Morgan fingerprint density at radius 3 is 2.36 bits per heavy atom. The van der Waals surface area contributed by atoms with Crippen LogP contribution >= 0.6 is 0 Å². The Balaban J connectivity index is 1.39. The number of likely N-dealkylation sites (tertiary alicyclic amines) is 1. The van der Waals surface area contributed by atoms with Crippen LogP contribution < -0.4 is 5.32 Å². The molecule has 0 bridgehead atoms. The van der Waals surface area contributed by atoms with Crippen molar-refractivity contribution < 1.29 is 20.4 Å². The molecule has 1 aliphatic rings. The largest absolute Gasteiger partial charge is 0.395 e. The zero-order chi connectivity index (χ0) is 23.4. The molecular formula is C25H30N4O4. The van der Waals surface area contributed by atoms with Gasteiger partial charge in [0.05, 0.1) is 18.8 Å². The molecule has 33 heavy (non-hydrogen) atoms. The van der Waals surface area contributed by atoms with E-state index in [2.05, 4.69) is 27.4 Å². The van der Waals surface area contributed by atoms with E-state index in [0.717, 1.165) is 27.9 Å². The molecule has 0 spiro atoms. The Kier molecular flexibility index (Phi) is 7.32. The van der Waals surface area contributed by atoms with E-state index >= 15 is 0 Å². The first-order valence-electron chi connectivity index (χ1n) is 11.0. The van der Waals surface area contributed by atoms with Crippen molar-refractivity contribution in [2.24, 2.45) is 0 Å². The summed E-state index contributed by atoms with van der Waals surface area (Å²) >= 11 is 0. The highest BCUT2D eigenvalue weighted by Crippen LogP contribution is 2.23. The van der Waals surface area contributed by atoms with E-state index in [1.165, 1.54) is 0 Å². The third-order valence-corrected chi connectivity index (χ3v) is 6.02. The van der Waals surface area contributed by atoms with Gasteiger partial charge in [-0.3, -0.25) is 4.90 Å². The zero-order valence-corrected chi connectivity index (χ0v) is 18.5. The highest BCUT2D eigenvalue weighted by Gasteiger charge is 2.40. The number of anilines is 1. The van der Waals surface area contributed by atoms with Gasteiger partial charge in [0.2, 0.25) is 0 Å². The van der Waals surface area contributed by atoms with Gasteiger partial charge in [-0.15, -0.1) is 0 Å². The summed E-state index contributed by atoms with van der Waals surface area (Å²) in [6.07, 6.45) is -0.0256. The summed E-state index contributed by atoms with van der Waals surface area (Å²) in [7, 11) is 0. The summed E-state index contributed by atoms with van der Waals surface area (Å²) in [5.41, 5.74) is 5.16. The number of nitrogens with one attached hydrogen (secondary N) is 1. The maximum Gasteiger partial charge on any atom is 0.159 e. The normalized spacial score (nSPS) is 23.4. The minimum absolute atomic E-state index is 0.188. The van der Waals surface area contributed by atoms with Crippen molar-refractivity contribution in [2.75, 3.05) is 18.5 Å². The quantitative estimate of drug-likeness (QED) is 0.365. The molecule has 1 fully saturated rings. The van der Waals surface area contributed by atoms with Crippen LogP contribution in [0.25, 0.3) is 11.4 Å². The number of hydrogen-bond donors (Lipinski definition) is 5. The van der Waals surface area contributed by atoms with Crippen molar-refractivity contribution in [3.63, 3.8) is 0 Å². The predicted molar refractivity (Wildman–Crippen MR) is 125 cm³/mol. The van der Waals surface area contributed by atoms with Gasteiger partial charge in [0.1, 0.15) is 12.2 Å². The number of aromatic nitrogens is 2. The molecule has 1 aliphatic heterocycles. The molecule has 3 aromatic rings. The van der Waals surface area contributed by atoms with Crippen LogP contribution in [-0.2, 0) is 13.1 Å². The van der Waals surface area contributed by atoms with E-state index in [-0.39, 0.29) is 13.2 Å². The average Bonchev–Trinajstić information content (AvgIpc) is 2.83. The number of aliphatic hydroxyl groups excluding tert-OH is 4. The van der Waals surface area contributed by atoms with Gasteiger partial charge < -0.3 is 25.7 Å². The molecule has 174 valence electrons. The molecule has 8 heteroatoms. The predicted octanol–water partition coefficient (Wildman–Crippen LogP) is 1.32. The first kappa shape index (κ1) is 23.3. The molecule has 2 heterocycles. The van der Waals surface area contributed by atoms with E-state index in [4.69, 9.17) is 0 Å². The lowest BCUT2D eigenvalue weighted by Gasteiger charge is -2.43. The first-order valence-corrected chi connectivity index (χ1v) is 11.0. The molecule has 0 amide bonds. The lowest BCUT2D eigenvalue weighted by Crippen LogP contribution is -2.62. The fourth-order valence-electron chi connectivity index (χ4n) is 4.22. The zero-order valence-electron chi connectivity index (χ0n) is 18.5. The fourth-order valence-corrected chi connectivity index (χ4v) is 4.22. The van der Waals surface area contributed by atoms with Crippen LogP contribution in [0, 0.1) is 6.92 Å². The van der Waals surface area contributed by atoms with Crippen molar-refractivity contribution in [2.45, 2.75) is 44.4 Å². The van der Waals surface area contributed by atoms with Gasteiger partial charge in [-0.1, -0.05) is 24.3 Å². The van der Waals surface area contributed by atoms with Crippen molar-refractivity contribution in [3.05, 3.63) is 77.6 Å². The van der Waals surface area contributed by atoms with E-state index in [1.807, 2.05) is 37.3 Å². The summed E-state index contributed by atoms with van der Waals surface area (Å²) < 4.78 is 0. The summed E-state index contributed by atoms with van der Waals surface area (Å²) in [4.78, 5) is 10.5. The number of rotatable bonds is 7. The van der Waals surface area contributed by atoms with Crippen LogP contribution in [-0.4, -0.2) is 72.8 Å². The van der Waals surface area contributed by atoms with Crippen molar-refractivity contribution in [1.82, 2.24) is 14.9 Å². The Labute approximate surface area is 193 Å². The van der Waals surface area contributed by atoms with Crippen molar-refractivity contribution >= 4 is 5.69 Å². The van der Waals surface area contributed by atoms with Gasteiger partial charge in [-0.2, -0.15) is 0 Å². The molecule has 1 aromatic heterocycles. The SMILES string of the molecule is Cc1cc(NCc2ccc(CN3C[C@H](O)[C@@H](O)[C@H](O)[C@H]3CO)cc2)cc(-c2ncccn2)c1. The molecule has 4 rings (SSSR count). The third kappa shape index (κ3) is 5.55. The van der Waals surface area contributed by atoms with Crippen LogP contribution in [0.5, 0.6) is 0 Å². The smallest absolute Gasteiger partial charge is 0.159 e. The minimum Gasteiger partial charge on any atom is -0.395 e. The molecule has 8 nitrogen and oxygen atoms in total. The van der Waals surface area contributed by atoms with Crippen LogP contribution in [0.1, 0.15) is 16.7 Å². The standard InChI is InChI=1S/C25H30N4O4/c1-16-9-19(25-26-7-2-8-27-25)11-20(10-16)28-12-17-3-5-18(6-4-17)13-29-14-22(31)24(33)23(32)21(29)15-30/h2-11,21-24,28,30-33H,12-15H2,1H3/t21-,22+,23-,24-/m1/s1. The van der Waals surface area contributed by atoms with Gasteiger partial charge in [-0.25, -0.2) is 9.97 Å². The molecule has 2 aromatic carbocycles. The van der Waals surface area contributed by atoms with Gasteiger partial charge in [0, 0.05) is 43.3 Å². The van der Waals surface area contributed by atoms with Gasteiger partial charge >= 0.3 is 0 Å². The third-order valence-electron chi connectivity index (χ3n) is 6.02. The van der Waals surface area contributed by atoms with E-state index in [9.17, 15) is 20.4 Å². The Morgan fingerprint density at radius 2 is 1.67 bits per heavy atom. The molecule has 0 unspecified atom stereocenters. The molecule has 1 saturated heterocycles. The van der Waals surface area contributed by atoms with Crippen LogP contribution in [0.2, 0.25) is 0 Å². The van der Waals surface area contributed by atoms with Crippen LogP contribution in [0.4, 0.5) is 5.69 Å². The highest BCUT2D eigenvalue weighted by molar-refractivity contribution is 5.64. The number of nitrogens with zero attached hydrogens (tertiary/aromatic N) is 3. The van der Waals surface area contributed by atoms with Crippen LogP contribution in [0.15, 0.2) is 60.9 Å². The first-order chi connectivity index (χ1) is 15.9. The number of aryl methyl sites for hydroxylation is 1. The average molecular weight is 451 g/mol. The minimum atomic E-state index is -1.25. The number of aliphatic hydroxyl groups is 4. The summed E-state index contributed by atoms with van der Waals surface area (Å²) in [6, 6.07) is 15.4. The van der Waals surface area contributed by atoms with Crippen molar-refractivity contribution in [3.8, 4) is 11.4 Å². The summed E-state index contributed by atoms with van der Waals surface area (Å²) in [5.74, 6) is 0.690. The van der Waals surface area contributed by atoms with Gasteiger partial charge in [0.25, 0.3) is 0 Å². The Hall–Kier alpha value is -2.88. The monoisotopic (exact) mass is 450 g/mol. The molecule has 0 aliphatic carbocycles. The van der Waals surface area contributed by atoms with Crippen molar-refractivity contribution in [1.29, 1.82) is 0 Å². The van der Waals surface area contributed by atoms with E-state index in [0.29, 0.717) is 18.9 Å². The van der Waals surface area contributed by atoms with E-state index in [1.54, 1.807) is 23.4 Å². The second-order valence-corrected chi connectivity index (χ2v) is 8.56. The topological polar surface area (TPSA) is 122 Å². The molecule has 0 saturated carbocycles. The molecule has 5 N–H and O–H groups in total. The Bertz CT molecular complexity index is 1050. The maximum atomic E-state index is 10.2. The lowest BCUT2D eigenvalue weighted by atomic mass is 9.93. The Morgan fingerprint density at radius 1 is 0.970 bits per heavy atom. The molecule has 4 atom stereocenters. The fraction of sp³-hybridized carbons (Fsp3) is 0.360. The lowest BCUT2D eigenvalue weighted by molar-refractivity contribution is -0.147. The highest BCUT2D eigenvalue weighted by atomic mass is 16.4. The number of β-amino-alcohol motifs (C(OH)–C–C–N with tert-alkyl or cyclic N) is 1. The number of piperidine rings is 1. The number of hydrogen-bond acceptors (Lipinski definition) is 8. The molecular weight excluding hydrogens is 420 g/mol. The molecule has 0 radical (unpaired) electrons. The summed E-state index contributed by atoms with van der Waals surface area (Å²) in [5, 5.41) is 43.1. The summed E-state index contributed by atoms with van der Waals surface area (Å²) in [6.45, 7) is 3.04. The second kappa shape index (κ2) is 10.4. The van der Waals surface area contributed by atoms with Gasteiger partial charge in [-0.05, 0) is 47.9 Å². The number of benzene rings is 2. The second-order valence-electron chi connectivity index (χ2n) is 8.56. The van der Waals surface area contributed by atoms with E-state index < -0.39 is 24.4 Å². The maximum absolute atomic E-state index is 10.2. The van der Waals surface area contributed by atoms with Crippen LogP contribution in [0.3, 0.4) is 0 Å².